The van der Waals surface area contributed by atoms with E-state index >= 15 is 0 Å². The third kappa shape index (κ3) is 1.37. The molecule has 72 valence electrons. The van der Waals surface area contributed by atoms with E-state index in [0.29, 0.717) is 11.3 Å². The molecule has 0 saturated heterocycles. The highest BCUT2D eigenvalue weighted by Gasteiger charge is 2.08. The van der Waals surface area contributed by atoms with Crippen molar-refractivity contribution in [2.45, 2.75) is 6.92 Å². The van der Waals surface area contributed by atoms with E-state index in [1.807, 2.05) is 13.0 Å². The summed E-state index contributed by atoms with van der Waals surface area (Å²) in [5, 5.41) is 0.973. The van der Waals surface area contributed by atoms with Crippen LogP contribution in [0.2, 0.25) is 0 Å². The summed E-state index contributed by atoms with van der Waals surface area (Å²) in [5.41, 5.74) is 1.46. The number of aromatic nitrogens is 1. The summed E-state index contributed by atoms with van der Waals surface area (Å²) < 4.78 is 6.16. The molecule has 1 aromatic heterocycles. The predicted molar refractivity (Wildman–Crippen MR) is 56.3 cm³/mol. The van der Waals surface area contributed by atoms with E-state index in [0.717, 1.165) is 21.5 Å². The number of thiazole rings is 1. The largest absolute Gasteiger partial charge is 0.494 e. The summed E-state index contributed by atoms with van der Waals surface area (Å²) in [7, 11) is 1.58. The second-order valence-electron chi connectivity index (χ2n) is 2.92. The van der Waals surface area contributed by atoms with E-state index < -0.39 is 0 Å². The molecule has 3 nitrogen and oxygen atoms in total. The minimum Gasteiger partial charge on any atom is -0.494 e. The molecule has 0 bridgehead atoms. The quantitative estimate of drug-likeness (QED) is 0.710. The Bertz CT molecular complexity index is 490. The molecule has 1 aromatic carbocycles. The van der Waals surface area contributed by atoms with Gasteiger partial charge in [-0.05, 0) is 19.1 Å². The number of carbonyl (C=O) groups excluding carboxylic acids is 1. The number of benzene rings is 1. The van der Waals surface area contributed by atoms with Crippen LogP contribution in [-0.4, -0.2) is 18.4 Å². The molecule has 0 aliphatic carbocycles. The fourth-order valence-corrected chi connectivity index (χ4v) is 2.25. The summed E-state index contributed by atoms with van der Waals surface area (Å²) in [6.07, 6.45) is 0.816. The van der Waals surface area contributed by atoms with Gasteiger partial charge in [-0.2, -0.15) is 0 Å². The lowest BCUT2D eigenvalue weighted by Crippen LogP contribution is -1.87. The molecule has 0 aliphatic heterocycles. The standard InChI is InChI=1S/C10H9NO2S/c1-6-11-10-8(13-2)3-7(5-12)4-9(10)14-6/h3-5H,1-2H3. The highest BCUT2D eigenvalue weighted by Crippen LogP contribution is 2.30. The van der Waals surface area contributed by atoms with Crippen molar-refractivity contribution in [1.82, 2.24) is 4.98 Å². The number of rotatable bonds is 2. The van der Waals surface area contributed by atoms with Crippen LogP contribution < -0.4 is 4.74 Å². The van der Waals surface area contributed by atoms with Gasteiger partial charge in [0.15, 0.2) is 0 Å². The van der Waals surface area contributed by atoms with E-state index in [4.69, 9.17) is 4.74 Å². The number of ether oxygens (including phenoxy) is 1. The fourth-order valence-electron chi connectivity index (χ4n) is 1.35. The zero-order valence-electron chi connectivity index (χ0n) is 7.90. The van der Waals surface area contributed by atoms with E-state index in [9.17, 15) is 4.79 Å². The highest BCUT2D eigenvalue weighted by atomic mass is 32.1. The zero-order valence-corrected chi connectivity index (χ0v) is 8.72. The van der Waals surface area contributed by atoms with Crippen LogP contribution >= 0.6 is 11.3 Å². The second-order valence-corrected chi connectivity index (χ2v) is 4.16. The minimum absolute atomic E-state index is 0.623. The molecule has 2 rings (SSSR count). The molecule has 4 heteroatoms. The monoisotopic (exact) mass is 207 g/mol. The number of hydrogen-bond donors (Lipinski definition) is 0. The number of fused-ring (bicyclic) bond motifs is 1. The van der Waals surface area contributed by atoms with Gasteiger partial charge >= 0.3 is 0 Å². The highest BCUT2D eigenvalue weighted by molar-refractivity contribution is 7.18. The fraction of sp³-hybridized carbons (Fsp3) is 0.200. The van der Waals surface area contributed by atoms with E-state index in [1.165, 1.54) is 0 Å². The summed E-state index contributed by atoms with van der Waals surface area (Å²) in [4.78, 5) is 15.0. The Balaban J connectivity index is 2.78. The number of aryl methyl sites for hydroxylation is 1. The van der Waals surface area contributed by atoms with Gasteiger partial charge in [0.2, 0.25) is 0 Å². The molecule has 14 heavy (non-hydrogen) atoms. The molecule has 0 aliphatic rings. The van der Waals surface area contributed by atoms with E-state index in [-0.39, 0.29) is 0 Å². The Labute approximate surface area is 85.3 Å². The Morgan fingerprint density at radius 2 is 2.29 bits per heavy atom. The Kier molecular flexibility index (Phi) is 2.21. The molecular weight excluding hydrogens is 198 g/mol. The SMILES string of the molecule is COc1cc(C=O)cc2sc(C)nc12. The van der Waals surface area contributed by atoms with Gasteiger partial charge in [-0.25, -0.2) is 4.98 Å². The molecule has 0 unspecified atom stereocenters. The van der Waals surface area contributed by atoms with Gasteiger partial charge in [0.1, 0.15) is 17.6 Å². The first-order valence-electron chi connectivity index (χ1n) is 4.15. The van der Waals surface area contributed by atoms with E-state index in [1.54, 1.807) is 24.5 Å². The third-order valence-corrected chi connectivity index (χ3v) is 2.86. The van der Waals surface area contributed by atoms with Gasteiger partial charge in [0.05, 0.1) is 16.8 Å². The van der Waals surface area contributed by atoms with Crippen molar-refractivity contribution in [2.24, 2.45) is 0 Å². The van der Waals surface area contributed by atoms with E-state index in [2.05, 4.69) is 4.98 Å². The molecule has 0 radical (unpaired) electrons. The van der Waals surface area contributed by atoms with Gasteiger partial charge in [-0.15, -0.1) is 11.3 Å². The lowest BCUT2D eigenvalue weighted by atomic mass is 10.2. The smallest absolute Gasteiger partial charge is 0.150 e. The molecule has 0 saturated carbocycles. The number of carbonyl (C=O) groups is 1. The van der Waals surface area contributed by atoms with Crippen molar-refractivity contribution >= 4 is 27.8 Å². The Morgan fingerprint density at radius 1 is 1.50 bits per heavy atom. The topological polar surface area (TPSA) is 39.2 Å². The van der Waals surface area contributed by atoms with Crippen molar-refractivity contribution in [2.75, 3.05) is 7.11 Å². The normalized spacial score (nSPS) is 10.4. The average molecular weight is 207 g/mol. The first-order chi connectivity index (χ1) is 6.74. The van der Waals surface area contributed by atoms with Crippen LogP contribution in [0.5, 0.6) is 5.75 Å². The predicted octanol–water partition coefficient (Wildman–Crippen LogP) is 2.43. The van der Waals surface area contributed by atoms with Gasteiger partial charge in [-0.3, -0.25) is 4.79 Å². The first-order valence-corrected chi connectivity index (χ1v) is 4.96. The molecule has 0 N–H and O–H groups in total. The van der Waals surface area contributed by atoms with Crippen LogP contribution in [0.4, 0.5) is 0 Å². The maximum absolute atomic E-state index is 10.7. The van der Waals surface area contributed by atoms with Crippen LogP contribution in [0.15, 0.2) is 12.1 Å². The third-order valence-electron chi connectivity index (χ3n) is 1.95. The maximum Gasteiger partial charge on any atom is 0.150 e. The first kappa shape index (κ1) is 9.15. The van der Waals surface area contributed by atoms with Crippen LogP contribution in [0.1, 0.15) is 15.4 Å². The number of aldehydes is 1. The van der Waals surface area contributed by atoms with Gasteiger partial charge in [0, 0.05) is 5.56 Å². The zero-order chi connectivity index (χ0) is 10.1. The van der Waals surface area contributed by atoms with Crippen molar-refractivity contribution in [1.29, 1.82) is 0 Å². The number of nitrogens with zero attached hydrogens (tertiary/aromatic N) is 1. The van der Waals surface area contributed by atoms with Crippen molar-refractivity contribution < 1.29 is 9.53 Å². The Hall–Kier alpha value is -1.42. The Morgan fingerprint density at radius 3 is 2.93 bits per heavy atom. The molecule has 0 spiro atoms. The molecular formula is C10H9NO2S. The maximum atomic E-state index is 10.7. The van der Waals surface area contributed by atoms with Crippen LogP contribution in [0.25, 0.3) is 10.2 Å². The minimum atomic E-state index is 0.623. The van der Waals surface area contributed by atoms with Crippen LogP contribution in [-0.2, 0) is 0 Å². The summed E-state index contributed by atoms with van der Waals surface area (Å²) >= 11 is 1.56. The van der Waals surface area contributed by atoms with Gasteiger partial charge in [-0.1, -0.05) is 0 Å². The average Bonchev–Trinajstić information content (AvgIpc) is 2.56. The number of methoxy groups -OCH3 is 1. The molecule has 0 amide bonds. The summed E-state index contributed by atoms with van der Waals surface area (Å²) in [5.74, 6) is 0.661. The number of hydrogen-bond acceptors (Lipinski definition) is 4. The molecule has 0 fully saturated rings. The van der Waals surface area contributed by atoms with Gasteiger partial charge in [0.25, 0.3) is 0 Å². The van der Waals surface area contributed by atoms with Crippen LogP contribution in [0.3, 0.4) is 0 Å². The lowest BCUT2D eigenvalue weighted by molar-refractivity contribution is 0.112. The molecule has 0 atom stereocenters. The van der Waals surface area contributed by atoms with Crippen molar-refractivity contribution in [3.63, 3.8) is 0 Å². The molecule has 2 aromatic rings. The summed E-state index contributed by atoms with van der Waals surface area (Å²) in [6, 6.07) is 3.53. The van der Waals surface area contributed by atoms with Gasteiger partial charge < -0.3 is 4.74 Å². The lowest BCUT2D eigenvalue weighted by Gasteiger charge is -2.00. The van der Waals surface area contributed by atoms with Crippen molar-refractivity contribution in [3.05, 3.63) is 22.7 Å². The summed E-state index contributed by atoms with van der Waals surface area (Å²) in [6.45, 7) is 1.94. The second kappa shape index (κ2) is 3.38. The van der Waals surface area contributed by atoms with Crippen molar-refractivity contribution in [3.8, 4) is 5.75 Å². The van der Waals surface area contributed by atoms with Crippen LogP contribution in [0, 0.1) is 6.92 Å². The molecule has 1 heterocycles.